The molecule has 54 heavy (non-hydrogen) atoms. The minimum atomic E-state index is -0.0478. The molecule has 7 heteroatoms. The molecular weight excluding hydrogens is 846 g/mol. The van der Waals surface area contributed by atoms with Gasteiger partial charge in [-0.25, -0.2) is 0 Å². The standard InChI is InChI=1S/C47H33N5O.Pt/c1-47(2,3)29-21-22-48-45(23-29)51-42-25-32(53-31-12-9-11-30(24-31)50-28-49(4)40-17-7-8-18-41(40)50)19-20-34(42)37-26-38-36-15-10-14-35-33-13-5-6-16-39(33)52(46(35)36)44(38)27-43(37)51;/h5-23,26-27H,1-4H3;/q-2;. The predicted molar refractivity (Wildman–Crippen MR) is 215 cm³/mol. The average molecular weight is 879 g/mol. The SMILES string of the molecule is Cn1[c](=[Pt])n(-c2[c-]c(Oc3[c-]c4c(cc3)c3cc5c6cccc7c8ccccc8n(c5cc3n4-c3cc(C(C)(C)C)ccn3)c76)ccc2)c2ccccc21. The zero-order valence-corrected chi connectivity index (χ0v) is 32.4. The number of aryl methyl sites for hydroxylation is 1. The van der Waals surface area contributed by atoms with Gasteiger partial charge < -0.3 is 4.40 Å². The molecule has 11 rings (SSSR count). The van der Waals surface area contributed by atoms with Gasteiger partial charge in [0.15, 0.2) is 0 Å². The van der Waals surface area contributed by atoms with E-state index in [9.17, 15) is 0 Å². The van der Waals surface area contributed by atoms with Gasteiger partial charge in [0.25, 0.3) is 0 Å². The molecule has 5 aromatic heterocycles. The number of ether oxygens (including phenoxy) is 1. The fourth-order valence-corrected chi connectivity index (χ4v) is 9.21. The van der Waals surface area contributed by atoms with Crippen LogP contribution in [0.1, 0.15) is 26.3 Å². The third-order valence-electron chi connectivity index (χ3n) is 11.0. The minimum absolute atomic E-state index is 0.0478. The van der Waals surface area contributed by atoms with Crippen LogP contribution in [0.4, 0.5) is 0 Å². The number of para-hydroxylation sites is 4. The van der Waals surface area contributed by atoms with Crippen LogP contribution in [0.5, 0.6) is 11.5 Å². The molecule has 0 radical (unpaired) electrons. The number of benzene rings is 6. The van der Waals surface area contributed by atoms with E-state index in [0.717, 1.165) is 48.1 Å². The number of hydrogen-bond donors (Lipinski definition) is 0. The molecule has 6 aromatic carbocycles. The number of pyridine rings is 1. The van der Waals surface area contributed by atoms with E-state index in [1.54, 1.807) is 0 Å². The van der Waals surface area contributed by atoms with Crippen molar-refractivity contribution in [2.24, 2.45) is 7.05 Å². The number of nitrogens with zero attached hydrogens (tertiary/aromatic N) is 5. The van der Waals surface area contributed by atoms with Gasteiger partial charge >= 0.3 is 194 Å². The van der Waals surface area contributed by atoms with Gasteiger partial charge in [-0.3, -0.25) is 0 Å². The quantitative estimate of drug-likeness (QED) is 0.165. The molecule has 0 amide bonds. The molecule has 0 N–H and O–H groups in total. The fourth-order valence-electron chi connectivity index (χ4n) is 8.38. The van der Waals surface area contributed by atoms with Gasteiger partial charge in [-0.05, 0) is 23.1 Å². The van der Waals surface area contributed by atoms with E-state index < -0.39 is 0 Å². The number of aromatic nitrogens is 5. The molecule has 0 aliphatic heterocycles. The Balaban J connectivity index is 1.14. The van der Waals surface area contributed by atoms with Gasteiger partial charge in [0.05, 0.1) is 16.6 Å². The third kappa shape index (κ3) is 4.44. The van der Waals surface area contributed by atoms with Gasteiger partial charge in [0.1, 0.15) is 0 Å². The van der Waals surface area contributed by atoms with Crippen LogP contribution in [-0.2, 0) is 31.8 Å². The summed E-state index contributed by atoms with van der Waals surface area (Å²) in [6.45, 7) is 6.72. The molecule has 264 valence electrons. The van der Waals surface area contributed by atoms with E-state index in [0.29, 0.717) is 11.5 Å². The monoisotopic (exact) mass is 878 g/mol. The zero-order valence-electron chi connectivity index (χ0n) is 30.1. The summed E-state index contributed by atoms with van der Waals surface area (Å²) in [5.41, 5.74) is 9.99. The molecular formula is C47H33N5OPt-2. The van der Waals surface area contributed by atoms with Gasteiger partial charge in [0.2, 0.25) is 0 Å². The molecule has 0 bridgehead atoms. The Hall–Kier alpha value is -5.97. The summed E-state index contributed by atoms with van der Waals surface area (Å²) in [4.78, 5) is 4.98. The van der Waals surface area contributed by atoms with Crippen LogP contribution < -0.4 is 4.74 Å². The second kappa shape index (κ2) is 11.3. The van der Waals surface area contributed by atoms with Crippen LogP contribution in [0.25, 0.3) is 82.4 Å². The van der Waals surface area contributed by atoms with E-state index in [1.807, 2.05) is 24.4 Å². The van der Waals surface area contributed by atoms with E-state index in [1.165, 1.54) is 43.7 Å². The van der Waals surface area contributed by atoms with Crippen LogP contribution in [0.15, 0.2) is 128 Å². The zero-order chi connectivity index (χ0) is 36.5. The van der Waals surface area contributed by atoms with Crippen molar-refractivity contribution >= 4 is 70.9 Å². The summed E-state index contributed by atoms with van der Waals surface area (Å²) in [5.74, 6) is 2.08. The summed E-state index contributed by atoms with van der Waals surface area (Å²) in [6, 6.07) is 50.3. The number of rotatable bonds is 4. The Labute approximate surface area is 321 Å². The second-order valence-corrected chi connectivity index (χ2v) is 16.2. The van der Waals surface area contributed by atoms with Gasteiger partial charge in [-0.2, -0.15) is 0 Å². The first-order chi connectivity index (χ1) is 26.2. The molecule has 0 unspecified atom stereocenters. The van der Waals surface area contributed by atoms with E-state index >= 15 is 0 Å². The first kappa shape index (κ1) is 31.5. The molecule has 0 fully saturated rings. The molecule has 0 atom stereocenters. The molecule has 6 nitrogen and oxygen atoms in total. The molecule has 5 heterocycles. The van der Waals surface area contributed by atoms with Crippen molar-refractivity contribution in [3.8, 4) is 23.0 Å². The Morgan fingerprint density at radius 2 is 1.30 bits per heavy atom. The van der Waals surface area contributed by atoms with Crippen molar-refractivity contribution in [1.82, 2.24) is 23.1 Å². The topological polar surface area (TPSA) is 41.3 Å². The van der Waals surface area contributed by atoms with Crippen molar-refractivity contribution in [3.63, 3.8) is 0 Å². The first-order valence-corrected chi connectivity index (χ1v) is 19.2. The second-order valence-electron chi connectivity index (χ2n) is 15.1. The Morgan fingerprint density at radius 3 is 2.13 bits per heavy atom. The summed E-state index contributed by atoms with van der Waals surface area (Å²) < 4.78 is 16.8. The van der Waals surface area contributed by atoms with Crippen molar-refractivity contribution in [3.05, 3.63) is 149 Å². The summed E-state index contributed by atoms with van der Waals surface area (Å²) in [7, 11) is 2.09. The van der Waals surface area contributed by atoms with Crippen LogP contribution in [-0.4, -0.2) is 23.1 Å². The van der Waals surface area contributed by atoms with Crippen molar-refractivity contribution in [1.29, 1.82) is 0 Å². The maximum atomic E-state index is 6.60. The molecule has 0 saturated carbocycles. The maximum absolute atomic E-state index is 6.60. The van der Waals surface area contributed by atoms with Gasteiger partial charge in [0, 0.05) is 27.7 Å². The van der Waals surface area contributed by atoms with E-state index in [-0.39, 0.29) is 5.41 Å². The Kier molecular flexibility index (Phi) is 6.58. The number of imidazole rings is 1. The third-order valence-corrected chi connectivity index (χ3v) is 12.2. The molecule has 0 aliphatic rings. The predicted octanol–water partition coefficient (Wildman–Crippen LogP) is 11.4. The number of hydrogen-bond acceptors (Lipinski definition) is 2. The van der Waals surface area contributed by atoms with Crippen molar-refractivity contribution in [2.45, 2.75) is 26.2 Å². The average Bonchev–Trinajstić information content (AvgIpc) is 3.88. The summed E-state index contributed by atoms with van der Waals surface area (Å²) >= 11 is 2.37. The van der Waals surface area contributed by atoms with Gasteiger partial charge in [-0.15, -0.1) is 0 Å². The summed E-state index contributed by atoms with van der Waals surface area (Å²) in [5, 5.41) is 7.28. The molecule has 0 aliphatic carbocycles. The van der Waals surface area contributed by atoms with E-state index in [2.05, 4.69) is 181 Å². The molecule has 11 aromatic rings. The van der Waals surface area contributed by atoms with Crippen molar-refractivity contribution in [2.75, 3.05) is 0 Å². The van der Waals surface area contributed by atoms with Gasteiger partial charge in [-0.1, -0.05) is 57.2 Å². The van der Waals surface area contributed by atoms with Crippen LogP contribution >= 0.6 is 0 Å². The van der Waals surface area contributed by atoms with Crippen LogP contribution in [0.2, 0.25) is 0 Å². The van der Waals surface area contributed by atoms with Crippen LogP contribution in [0.3, 0.4) is 0 Å². The molecule has 0 saturated heterocycles. The molecule has 0 spiro atoms. The Bertz CT molecular complexity index is 3390. The Morgan fingerprint density at radius 1 is 0.593 bits per heavy atom. The normalized spacial score (nSPS) is 12.6. The number of fused-ring (bicyclic) bond motifs is 10. The van der Waals surface area contributed by atoms with Crippen LogP contribution in [0, 0.1) is 15.9 Å². The fraction of sp³-hybridized carbons (Fsp3) is 0.106. The summed E-state index contributed by atoms with van der Waals surface area (Å²) in [6.07, 6.45) is 1.92. The first-order valence-electron chi connectivity index (χ1n) is 18.1. The van der Waals surface area contributed by atoms with Crippen molar-refractivity contribution < 1.29 is 24.1 Å². The van der Waals surface area contributed by atoms with E-state index in [4.69, 9.17) is 9.72 Å².